The molecule has 0 saturated heterocycles. The highest BCUT2D eigenvalue weighted by atomic mass is 79.9. The van der Waals surface area contributed by atoms with Crippen molar-refractivity contribution in [3.8, 4) is 0 Å². The average molecular weight is 291 g/mol. The maximum absolute atomic E-state index is 4.01. The fourth-order valence-corrected chi connectivity index (χ4v) is 2.19. The van der Waals surface area contributed by atoms with Gasteiger partial charge in [0, 0.05) is 29.1 Å². The summed E-state index contributed by atoms with van der Waals surface area (Å²) in [5, 5.41) is 3.45. The first-order valence-corrected chi connectivity index (χ1v) is 6.44. The van der Waals surface area contributed by atoms with Crippen LogP contribution in [0, 0.1) is 6.92 Å². The van der Waals surface area contributed by atoms with Crippen LogP contribution in [0.15, 0.2) is 47.2 Å². The van der Waals surface area contributed by atoms with Gasteiger partial charge < -0.3 is 5.32 Å². The van der Waals surface area contributed by atoms with Crippen molar-refractivity contribution < 1.29 is 0 Å². The number of benzene rings is 1. The Morgan fingerprint density at radius 2 is 1.94 bits per heavy atom. The molecule has 0 bridgehead atoms. The van der Waals surface area contributed by atoms with Gasteiger partial charge in [0.15, 0.2) is 0 Å². The molecule has 1 heterocycles. The van der Waals surface area contributed by atoms with Gasteiger partial charge in [0.2, 0.25) is 0 Å². The van der Waals surface area contributed by atoms with Crippen LogP contribution >= 0.6 is 15.9 Å². The van der Waals surface area contributed by atoms with E-state index < -0.39 is 0 Å². The molecule has 88 valence electrons. The van der Waals surface area contributed by atoms with Crippen LogP contribution < -0.4 is 5.32 Å². The molecule has 0 saturated carbocycles. The topological polar surface area (TPSA) is 24.9 Å². The summed E-state index contributed by atoms with van der Waals surface area (Å²) in [7, 11) is 0. The van der Waals surface area contributed by atoms with E-state index in [0.717, 1.165) is 17.4 Å². The zero-order valence-corrected chi connectivity index (χ0v) is 11.4. The first-order valence-electron chi connectivity index (χ1n) is 5.64. The van der Waals surface area contributed by atoms with Crippen LogP contribution in [0.5, 0.6) is 0 Å². The molecule has 0 atom stereocenters. The van der Waals surface area contributed by atoms with Gasteiger partial charge in [-0.3, -0.25) is 4.98 Å². The van der Waals surface area contributed by atoms with Crippen molar-refractivity contribution in [2.45, 2.75) is 13.3 Å². The molecule has 0 unspecified atom stereocenters. The number of pyridine rings is 1. The van der Waals surface area contributed by atoms with E-state index in [-0.39, 0.29) is 0 Å². The summed E-state index contributed by atoms with van der Waals surface area (Å²) in [5.41, 5.74) is 3.76. The normalized spacial score (nSPS) is 10.2. The Balaban J connectivity index is 1.90. The summed E-state index contributed by atoms with van der Waals surface area (Å²) in [6.45, 7) is 3.05. The quantitative estimate of drug-likeness (QED) is 0.926. The van der Waals surface area contributed by atoms with E-state index in [0.29, 0.717) is 0 Å². The first kappa shape index (κ1) is 12.1. The van der Waals surface area contributed by atoms with Gasteiger partial charge in [-0.15, -0.1) is 0 Å². The molecular formula is C14H15BrN2. The highest BCUT2D eigenvalue weighted by molar-refractivity contribution is 9.10. The molecule has 1 aromatic carbocycles. The van der Waals surface area contributed by atoms with E-state index in [1.165, 1.54) is 16.8 Å². The lowest BCUT2D eigenvalue weighted by molar-refractivity contribution is 1.01. The molecule has 2 aromatic rings. The molecule has 0 radical (unpaired) electrons. The Bertz CT molecular complexity index is 483. The number of nitrogens with one attached hydrogen (secondary N) is 1. The van der Waals surface area contributed by atoms with Gasteiger partial charge in [-0.2, -0.15) is 0 Å². The molecule has 0 aliphatic rings. The molecule has 1 N–H and O–H groups in total. The lowest BCUT2D eigenvalue weighted by Gasteiger charge is -2.09. The van der Waals surface area contributed by atoms with Crippen molar-refractivity contribution in [3.05, 3.63) is 58.3 Å². The summed E-state index contributed by atoms with van der Waals surface area (Å²) in [4.78, 5) is 4.01. The molecule has 0 aliphatic carbocycles. The molecule has 3 heteroatoms. The minimum absolute atomic E-state index is 0.937. The highest BCUT2D eigenvalue weighted by Crippen LogP contribution is 2.19. The van der Waals surface area contributed by atoms with Gasteiger partial charge in [0.25, 0.3) is 0 Å². The fraction of sp³-hybridized carbons (Fsp3) is 0.214. The smallest absolute Gasteiger partial charge is 0.0370 e. The van der Waals surface area contributed by atoms with Crippen molar-refractivity contribution in [1.82, 2.24) is 4.98 Å². The molecule has 0 aliphatic heterocycles. The number of hydrogen-bond acceptors (Lipinski definition) is 2. The molecule has 2 rings (SSSR count). The van der Waals surface area contributed by atoms with Gasteiger partial charge in [-0.1, -0.05) is 15.9 Å². The summed E-state index contributed by atoms with van der Waals surface area (Å²) >= 11 is 3.47. The number of anilines is 1. The van der Waals surface area contributed by atoms with Crippen LogP contribution in [0.2, 0.25) is 0 Å². The monoisotopic (exact) mass is 290 g/mol. The Labute approximate surface area is 110 Å². The first-order chi connectivity index (χ1) is 8.25. The number of halogens is 1. The SMILES string of the molecule is Cc1cc(Br)ccc1NCCc1ccncc1. The van der Waals surface area contributed by atoms with Gasteiger partial charge in [0.05, 0.1) is 0 Å². The second kappa shape index (κ2) is 5.82. The lowest BCUT2D eigenvalue weighted by Crippen LogP contribution is -2.05. The van der Waals surface area contributed by atoms with Crippen molar-refractivity contribution >= 4 is 21.6 Å². The lowest BCUT2D eigenvalue weighted by atomic mass is 10.1. The van der Waals surface area contributed by atoms with Crippen LogP contribution in [0.4, 0.5) is 5.69 Å². The number of nitrogens with zero attached hydrogens (tertiary/aromatic N) is 1. The number of aromatic nitrogens is 1. The van der Waals surface area contributed by atoms with Gasteiger partial charge >= 0.3 is 0 Å². The molecular weight excluding hydrogens is 276 g/mol. The van der Waals surface area contributed by atoms with E-state index in [1.807, 2.05) is 12.4 Å². The van der Waals surface area contributed by atoms with Gasteiger partial charge in [0.1, 0.15) is 0 Å². The van der Waals surface area contributed by atoms with Crippen LogP contribution in [0.1, 0.15) is 11.1 Å². The van der Waals surface area contributed by atoms with E-state index >= 15 is 0 Å². The third-order valence-corrected chi connectivity index (χ3v) is 3.16. The minimum atomic E-state index is 0.937. The number of aryl methyl sites for hydroxylation is 1. The van der Waals surface area contributed by atoms with Crippen molar-refractivity contribution in [2.75, 3.05) is 11.9 Å². The Morgan fingerprint density at radius 1 is 1.18 bits per heavy atom. The molecule has 0 spiro atoms. The summed E-state index contributed by atoms with van der Waals surface area (Å²) in [6.07, 6.45) is 4.68. The van der Waals surface area contributed by atoms with Crippen molar-refractivity contribution in [1.29, 1.82) is 0 Å². The molecule has 0 fully saturated rings. The highest BCUT2D eigenvalue weighted by Gasteiger charge is 1.98. The fourth-order valence-electron chi connectivity index (χ4n) is 1.72. The van der Waals surface area contributed by atoms with Crippen LogP contribution in [0.3, 0.4) is 0 Å². The van der Waals surface area contributed by atoms with E-state index in [9.17, 15) is 0 Å². The Kier molecular flexibility index (Phi) is 4.15. The minimum Gasteiger partial charge on any atom is -0.384 e. The number of rotatable bonds is 4. The van der Waals surface area contributed by atoms with E-state index in [1.54, 1.807) is 0 Å². The zero-order chi connectivity index (χ0) is 12.1. The molecule has 17 heavy (non-hydrogen) atoms. The Morgan fingerprint density at radius 3 is 2.65 bits per heavy atom. The standard InChI is InChI=1S/C14H15BrN2/c1-11-10-13(15)2-3-14(11)17-9-6-12-4-7-16-8-5-12/h2-5,7-8,10,17H,6,9H2,1H3. The van der Waals surface area contributed by atoms with Gasteiger partial charge in [-0.25, -0.2) is 0 Å². The largest absolute Gasteiger partial charge is 0.384 e. The third kappa shape index (κ3) is 3.56. The van der Waals surface area contributed by atoms with E-state index in [4.69, 9.17) is 0 Å². The van der Waals surface area contributed by atoms with Crippen LogP contribution in [-0.4, -0.2) is 11.5 Å². The molecule has 0 amide bonds. The predicted octanol–water partition coefficient (Wildman–Crippen LogP) is 3.81. The Hall–Kier alpha value is -1.35. The average Bonchev–Trinajstić information content (AvgIpc) is 2.33. The third-order valence-electron chi connectivity index (χ3n) is 2.67. The second-order valence-corrected chi connectivity index (χ2v) is 4.91. The maximum atomic E-state index is 4.01. The molecule has 2 nitrogen and oxygen atoms in total. The summed E-state index contributed by atoms with van der Waals surface area (Å²) in [5.74, 6) is 0. The van der Waals surface area contributed by atoms with Crippen molar-refractivity contribution in [3.63, 3.8) is 0 Å². The maximum Gasteiger partial charge on any atom is 0.0370 e. The van der Waals surface area contributed by atoms with Crippen LogP contribution in [-0.2, 0) is 6.42 Å². The van der Waals surface area contributed by atoms with Crippen molar-refractivity contribution in [2.24, 2.45) is 0 Å². The number of hydrogen-bond donors (Lipinski definition) is 1. The molecule has 1 aromatic heterocycles. The van der Waals surface area contributed by atoms with E-state index in [2.05, 4.69) is 63.5 Å². The second-order valence-electron chi connectivity index (χ2n) is 3.99. The van der Waals surface area contributed by atoms with Crippen LogP contribution in [0.25, 0.3) is 0 Å². The zero-order valence-electron chi connectivity index (χ0n) is 9.78. The predicted molar refractivity (Wildman–Crippen MR) is 75.3 cm³/mol. The summed E-state index contributed by atoms with van der Waals surface area (Å²) in [6, 6.07) is 10.4. The van der Waals surface area contributed by atoms with Gasteiger partial charge in [-0.05, 0) is 54.8 Å². The summed E-state index contributed by atoms with van der Waals surface area (Å²) < 4.78 is 1.12.